The van der Waals surface area contributed by atoms with E-state index in [4.69, 9.17) is 4.74 Å². The summed E-state index contributed by atoms with van der Waals surface area (Å²) in [7, 11) is 1.77. The molecule has 2 N–H and O–H groups in total. The Hall–Kier alpha value is -1.99. The van der Waals surface area contributed by atoms with Gasteiger partial charge < -0.3 is 15.4 Å². The Morgan fingerprint density at radius 1 is 1.25 bits per heavy atom. The van der Waals surface area contributed by atoms with Gasteiger partial charge in [0, 0.05) is 37.6 Å². The van der Waals surface area contributed by atoms with Crippen molar-refractivity contribution < 1.29 is 9.13 Å². The van der Waals surface area contributed by atoms with Crippen LogP contribution in [0, 0.1) is 5.82 Å². The first-order valence-electron chi connectivity index (χ1n) is 9.75. The number of benzene rings is 1. The molecule has 5 nitrogen and oxygen atoms in total. The molecular weight excluding hydrogens is 375 g/mol. The molecule has 1 aromatic carbocycles. The van der Waals surface area contributed by atoms with Crippen molar-refractivity contribution in [3.05, 3.63) is 51.7 Å². The van der Waals surface area contributed by atoms with Gasteiger partial charge in [0.25, 0.3) is 0 Å². The van der Waals surface area contributed by atoms with Crippen molar-refractivity contribution >= 4 is 17.3 Å². The molecule has 0 unspecified atom stereocenters. The highest BCUT2D eigenvalue weighted by Gasteiger charge is 2.34. The highest BCUT2D eigenvalue weighted by Crippen LogP contribution is 2.34. The van der Waals surface area contributed by atoms with Gasteiger partial charge in [-0.1, -0.05) is 26.0 Å². The van der Waals surface area contributed by atoms with Crippen molar-refractivity contribution in [3.63, 3.8) is 0 Å². The fourth-order valence-corrected chi connectivity index (χ4v) is 4.33. The summed E-state index contributed by atoms with van der Waals surface area (Å²) in [5.74, 6) is 0.974. The lowest BCUT2D eigenvalue weighted by Gasteiger charge is -2.38. The summed E-state index contributed by atoms with van der Waals surface area (Å²) in [6, 6.07) is 6.85. The Labute approximate surface area is 170 Å². The molecule has 0 radical (unpaired) electrons. The first kappa shape index (κ1) is 20.7. The Morgan fingerprint density at radius 3 is 2.57 bits per heavy atom. The van der Waals surface area contributed by atoms with Gasteiger partial charge in [0.2, 0.25) is 0 Å². The number of nitrogens with one attached hydrogen (secondary N) is 2. The predicted octanol–water partition coefficient (Wildman–Crippen LogP) is 3.82. The molecule has 0 atom stereocenters. The average molecular weight is 405 g/mol. The van der Waals surface area contributed by atoms with Crippen LogP contribution in [-0.2, 0) is 16.7 Å². The highest BCUT2D eigenvalue weighted by molar-refractivity contribution is 7.09. The standard InChI is InChI=1S/C21H29FN4OS/c1-15(2)18-13-28-19(26-18)12-24-20(23-3)25-14-21(8-10-27-11-9-21)16-4-6-17(22)7-5-16/h4-7,13,15H,8-12,14H2,1-3H3,(H2,23,24,25). The second-order valence-electron chi connectivity index (χ2n) is 7.50. The summed E-state index contributed by atoms with van der Waals surface area (Å²) in [6.07, 6.45) is 1.79. The van der Waals surface area contributed by atoms with E-state index in [0.29, 0.717) is 25.7 Å². The number of aromatic nitrogens is 1. The number of hydrogen-bond donors (Lipinski definition) is 2. The van der Waals surface area contributed by atoms with Gasteiger partial charge in [-0.25, -0.2) is 9.37 Å². The number of rotatable bonds is 6. The van der Waals surface area contributed by atoms with E-state index in [0.717, 1.165) is 41.6 Å². The third-order valence-corrected chi connectivity index (χ3v) is 6.16. The molecule has 2 aromatic rings. The Kier molecular flexibility index (Phi) is 7.02. The maximum Gasteiger partial charge on any atom is 0.191 e. The van der Waals surface area contributed by atoms with Crippen molar-refractivity contribution in [3.8, 4) is 0 Å². The molecule has 1 fully saturated rings. The summed E-state index contributed by atoms with van der Waals surface area (Å²) in [5.41, 5.74) is 2.18. The van der Waals surface area contributed by atoms with Gasteiger partial charge in [0.1, 0.15) is 10.8 Å². The van der Waals surface area contributed by atoms with Gasteiger partial charge >= 0.3 is 0 Å². The fourth-order valence-electron chi connectivity index (χ4n) is 3.44. The molecule has 7 heteroatoms. The number of hydrogen-bond acceptors (Lipinski definition) is 4. The van der Waals surface area contributed by atoms with Gasteiger partial charge in [0.15, 0.2) is 5.96 Å². The van der Waals surface area contributed by atoms with Crippen LogP contribution in [0.25, 0.3) is 0 Å². The second kappa shape index (κ2) is 9.47. The minimum Gasteiger partial charge on any atom is -0.381 e. The first-order chi connectivity index (χ1) is 13.5. The third kappa shape index (κ3) is 5.08. The number of guanidine groups is 1. The molecule has 1 aliphatic heterocycles. The molecule has 0 spiro atoms. The van der Waals surface area contributed by atoms with Crippen LogP contribution in [0.5, 0.6) is 0 Å². The summed E-state index contributed by atoms with van der Waals surface area (Å²) in [4.78, 5) is 9.01. The van der Waals surface area contributed by atoms with Crippen LogP contribution in [0.1, 0.15) is 48.9 Å². The Balaban J connectivity index is 1.63. The topological polar surface area (TPSA) is 58.5 Å². The van der Waals surface area contributed by atoms with E-state index in [1.54, 1.807) is 18.4 Å². The van der Waals surface area contributed by atoms with Gasteiger partial charge in [0.05, 0.1) is 12.2 Å². The molecule has 0 saturated carbocycles. The van der Waals surface area contributed by atoms with Crippen molar-refractivity contribution in [1.29, 1.82) is 0 Å². The second-order valence-corrected chi connectivity index (χ2v) is 8.44. The minimum atomic E-state index is -0.208. The summed E-state index contributed by atoms with van der Waals surface area (Å²) >= 11 is 1.67. The maximum atomic E-state index is 13.4. The first-order valence-corrected chi connectivity index (χ1v) is 10.6. The summed E-state index contributed by atoms with van der Waals surface area (Å²) in [5, 5.41) is 9.97. The zero-order valence-corrected chi connectivity index (χ0v) is 17.6. The number of nitrogens with zero attached hydrogens (tertiary/aromatic N) is 2. The number of aliphatic imine (C=N–C) groups is 1. The van der Waals surface area contributed by atoms with Crippen LogP contribution >= 0.6 is 11.3 Å². The smallest absolute Gasteiger partial charge is 0.191 e. The van der Waals surface area contributed by atoms with Gasteiger partial charge in [-0.2, -0.15) is 0 Å². The van der Waals surface area contributed by atoms with Crippen molar-refractivity contribution in [2.75, 3.05) is 26.8 Å². The van der Waals surface area contributed by atoms with Crippen LogP contribution in [0.3, 0.4) is 0 Å². The third-order valence-electron chi connectivity index (χ3n) is 5.29. The molecule has 152 valence electrons. The van der Waals surface area contributed by atoms with E-state index in [2.05, 4.69) is 39.8 Å². The molecule has 1 saturated heterocycles. The molecule has 28 heavy (non-hydrogen) atoms. The van der Waals surface area contributed by atoms with E-state index in [9.17, 15) is 4.39 Å². The highest BCUT2D eigenvalue weighted by atomic mass is 32.1. The lowest BCUT2D eigenvalue weighted by Crippen LogP contribution is -2.47. The average Bonchev–Trinajstić information content (AvgIpc) is 3.19. The van der Waals surface area contributed by atoms with Crippen LogP contribution in [0.2, 0.25) is 0 Å². The van der Waals surface area contributed by atoms with Gasteiger partial charge in [-0.15, -0.1) is 11.3 Å². The van der Waals surface area contributed by atoms with Crippen molar-refractivity contribution in [2.45, 2.75) is 44.6 Å². The minimum absolute atomic E-state index is 0.0877. The Morgan fingerprint density at radius 2 is 1.96 bits per heavy atom. The van der Waals surface area contributed by atoms with E-state index < -0.39 is 0 Å². The zero-order chi connectivity index (χ0) is 20.0. The van der Waals surface area contributed by atoms with E-state index >= 15 is 0 Å². The number of ether oxygens (including phenoxy) is 1. The van der Waals surface area contributed by atoms with Crippen LogP contribution in [0.4, 0.5) is 4.39 Å². The van der Waals surface area contributed by atoms with E-state index in [-0.39, 0.29) is 11.2 Å². The van der Waals surface area contributed by atoms with Crippen molar-refractivity contribution in [1.82, 2.24) is 15.6 Å². The summed E-state index contributed by atoms with van der Waals surface area (Å²) in [6.45, 7) is 7.08. The van der Waals surface area contributed by atoms with E-state index in [1.165, 1.54) is 12.1 Å². The molecule has 1 aromatic heterocycles. The lowest BCUT2D eigenvalue weighted by atomic mass is 9.74. The normalized spacial score (nSPS) is 17.0. The molecule has 0 amide bonds. The molecule has 0 aliphatic carbocycles. The number of thiazole rings is 1. The van der Waals surface area contributed by atoms with Crippen molar-refractivity contribution in [2.24, 2.45) is 4.99 Å². The maximum absolute atomic E-state index is 13.4. The molecule has 0 bridgehead atoms. The van der Waals surface area contributed by atoms with Gasteiger partial charge in [-0.05, 0) is 36.5 Å². The number of halogens is 1. The summed E-state index contributed by atoms with van der Waals surface area (Å²) < 4.78 is 19.0. The molecular formula is C21H29FN4OS. The fraction of sp³-hybridized carbons (Fsp3) is 0.524. The molecule has 2 heterocycles. The van der Waals surface area contributed by atoms with Crippen LogP contribution < -0.4 is 10.6 Å². The lowest BCUT2D eigenvalue weighted by molar-refractivity contribution is 0.0513. The van der Waals surface area contributed by atoms with Gasteiger partial charge in [-0.3, -0.25) is 4.99 Å². The van der Waals surface area contributed by atoms with Crippen LogP contribution in [0.15, 0.2) is 34.6 Å². The largest absolute Gasteiger partial charge is 0.381 e. The predicted molar refractivity (Wildman–Crippen MR) is 113 cm³/mol. The van der Waals surface area contributed by atoms with Crippen LogP contribution in [-0.4, -0.2) is 37.7 Å². The monoisotopic (exact) mass is 404 g/mol. The van der Waals surface area contributed by atoms with E-state index in [1.807, 2.05) is 12.1 Å². The zero-order valence-electron chi connectivity index (χ0n) is 16.8. The molecule has 3 rings (SSSR count). The Bertz CT molecular complexity index is 782. The SMILES string of the molecule is CN=C(NCc1nc(C(C)C)cs1)NCC1(c2ccc(F)cc2)CCOCC1. The quantitative estimate of drug-likeness (QED) is 0.568. The molecule has 1 aliphatic rings.